The number of anilines is 1. The van der Waals surface area contributed by atoms with Crippen LogP contribution in [0.2, 0.25) is 0 Å². The van der Waals surface area contributed by atoms with Crippen LogP contribution >= 0.6 is 7.14 Å². The van der Waals surface area contributed by atoms with Gasteiger partial charge in [-0.2, -0.15) is 0 Å². The Morgan fingerprint density at radius 3 is 2.49 bits per heavy atom. The molecule has 2 aromatic heterocycles. The number of nitrogens with one attached hydrogen (secondary N) is 1. The van der Waals surface area contributed by atoms with Gasteiger partial charge in [0.05, 0.1) is 29.6 Å². The molecule has 1 N–H and O–H groups in total. The van der Waals surface area contributed by atoms with E-state index in [1.54, 1.807) is 13.0 Å². The molecule has 35 heavy (non-hydrogen) atoms. The summed E-state index contributed by atoms with van der Waals surface area (Å²) >= 11 is 0. The monoisotopic (exact) mass is 527 g/mol. The van der Waals surface area contributed by atoms with E-state index in [0.29, 0.717) is 29.1 Å². The van der Waals surface area contributed by atoms with Gasteiger partial charge < -0.3 is 9.88 Å². The minimum absolute atomic E-state index is 0.0472. The Hall–Kier alpha value is -2.56. The van der Waals surface area contributed by atoms with Gasteiger partial charge >= 0.3 is 0 Å². The standard InChI is InChI=1S/C22H25F3N5O3PS/c1-14(15-5-4-6-17(20(15)23)22(2,24)25)29-21-16-11-19(26-12-18(16)27-13-28-21)34(31)9-7-30(8-10-34)35(3,32)33/h4-6,11-14H,7-10H2,1-3H3,(H,27,28,29)/t14-/m1/s1. The van der Waals surface area contributed by atoms with Crippen molar-refractivity contribution in [3.05, 3.63) is 53.7 Å². The summed E-state index contributed by atoms with van der Waals surface area (Å²) in [6.45, 7) is 2.54. The van der Waals surface area contributed by atoms with Gasteiger partial charge in [-0.3, -0.25) is 4.98 Å². The molecule has 1 aliphatic heterocycles. The number of alkyl halides is 2. The van der Waals surface area contributed by atoms with E-state index in [1.165, 1.54) is 29.0 Å². The largest absolute Gasteiger partial charge is 0.363 e. The SMILES string of the molecule is C[C@@H](Nc1ncnc2cnc(P3(=O)CCN(S(C)(=O)=O)CC3)cc12)c1cccc(C(C)(F)F)c1F. The third-order valence-electron chi connectivity index (χ3n) is 6.14. The number of sulfonamides is 1. The summed E-state index contributed by atoms with van der Waals surface area (Å²) in [7, 11) is -6.34. The van der Waals surface area contributed by atoms with Crippen LogP contribution in [0.1, 0.15) is 31.0 Å². The summed E-state index contributed by atoms with van der Waals surface area (Å²) < 4.78 is 81.0. The van der Waals surface area contributed by atoms with Crippen LogP contribution in [-0.2, 0) is 20.5 Å². The molecule has 188 valence electrons. The smallest absolute Gasteiger partial charge is 0.273 e. The lowest BCUT2D eigenvalue weighted by molar-refractivity contribution is 0.0136. The van der Waals surface area contributed by atoms with E-state index in [9.17, 15) is 26.2 Å². The van der Waals surface area contributed by atoms with E-state index >= 15 is 0 Å². The number of hydrogen-bond acceptors (Lipinski definition) is 7. The minimum Gasteiger partial charge on any atom is -0.363 e. The third kappa shape index (κ3) is 5.19. The second kappa shape index (κ2) is 9.15. The van der Waals surface area contributed by atoms with E-state index in [0.717, 1.165) is 12.3 Å². The van der Waals surface area contributed by atoms with Crippen LogP contribution in [0, 0.1) is 5.82 Å². The Morgan fingerprint density at radius 2 is 1.86 bits per heavy atom. The van der Waals surface area contributed by atoms with Crippen molar-refractivity contribution in [2.75, 3.05) is 37.0 Å². The second-order valence-corrected chi connectivity index (χ2v) is 13.9. The fourth-order valence-electron chi connectivity index (χ4n) is 4.12. The maximum atomic E-state index is 14.9. The zero-order chi connectivity index (χ0) is 25.6. The number of benzene rings is 1. The highest BCUT2D eigenvalue weighted by atomic mass is 32.2. The van der Waals surface area contributed by atoms with Gasteiger partial charge in [-0.1, -0.05) is 18.2 Å². The Kier molecular flexibility index (Phi) is 6.67. The third-order valence-corrected chi connectivity index (χ3v) is 10.4. The Labute approximate surface area is 201 Å². The van der Waals surface area contributed by atoms with Gasteiger partial charge in [0.2, 0.25) is 10.0 Å². The van der Waals surface area contributed by atoms with E-state index in [2.05, 4.69) is 20.3 Å². The van der Waals surface area contributed by atoms with Crippen molar-refractivity contribution in [2.45, 2.75) is 25.8 Å². The number of nitrogens with zero attached hydrogens (tertiary/aromatic N) is 4. The summed E-state index contributed by atoms with van der Waals surface area (Å²) in [4.78, 5) is 12.7. The number of pyridine rings is 1. The molecule has 1 fully saturated rings. The predicted octanol–water partition coefficient (Wildman–Crippen LogP) is 3.71. The molecule has 13 heteroatoms. The van der Waals surface area contributed by atoms with Gasteiger partial charge in [0.25, 0.3) is 5.92 Å². The normalized spacial score (nSPS) is 17.9. The predicted molar refractivity (Wildman–Crippen MR) is 129 cm³/mol. The van der Waals surface area contributed by atoms with Crippen molar-refractivity contribution in [2.24, 2.45) is 0 Å². The molecule has 3 aromatic rings. The molecule has 1 aromatic carbocycles. The van der Waals surface area contributed by atoms with Crippen molar-refractivity contribution in [3.63, 3.8) is 0 Å². The molecule has 1 aliphatic rings. The topological polar surface area (TPSA) is 105 Å². The lowest BCUT2D eigenvalue weighted by Gasteiger charge is -2.30. The molecular weight excluding hydrogens is 502 g/mol. The summed E-state index contributed by atoms with van der Waals surface area (Å²) in [6, 6.07) is 4.73. The fourth-order valence-corrected chi connectivity index (χ4v) is 7.68. The molecule has 8 nitrogen and oxygen atoms in total. The lowest BCUT2D eigenvalue weighted by atomic mass is 10.0. The molecule has 0 saturated carbocycles. The van der Waals surface area contributed by atoms with E-state index < -0.39 is 40.5 Å². The number of aromatic nitrogens is 3. The van der Waals surface area contributed by atoms with Gasteiger partial charge in [-0.25, -0.2) is 35.9 Å². The average Bonchev–Trinajstić information content (AvgIpc) is 2.78. The summed E-state index contributed by atoms with van der Waals surface area (Å²) in [5.74, 6) is -4.02. The molecular formula is C22H25F3N5O3PS. The molecule has 1 saturated heterocycles. The maximum Gasteiger partial charge on any atom is 0.273 e. The van der Waals surface area contributed by atoms with Crippen LogP contribution in [0.4, 0.5) is 19.0 Å². The van der Waals surface area contributed by atoms with Crippen molar-refractivity contribution in [3.8, 4) is 0 Å². The van der Waals surface area contributed by atoms with Gasteiger partial charge in [0.15, 0.2) is 0 Å². The van der Waals surface area contributed by atoms with Crippen LogP contribution in [0.3, 0.4) is 0 Å². The van der Waals surface area contributed by atoms with Crippen molar-refractivity contribution in [1.82, 2.24) is 19.3 Å². The molecule has 0 unspecified atom stereocenters. The lowest BCUT2D eigenvalue weighted by Crippen LogP contribution is -2.40. The van der Waals surface area contributed by atoms with E-state index in [-0.39, 0.29) is 31.0 Å². The number of halogens is 3. The number of fused-ring (bicyclic) bond motifs is 1. The maximum absolute atomic E-state index is 14.9. The average molecular weight is 528 g/mol. The molecule has 0 spiro atoms. The summed E-state index contributed by atoms with van der Waals surface area (Å²) in [6.07, 6.45) is 4.19. The molecule has 0 bridgehead atoms. The van der Waals surface area contributed by atoms with Crippen molar-refractivity contribution >= 4 is 39.3 Å². The molecule has 0 amide bonds. The first kappa shape index (κ1) is 25.5. The molecule has 1 atom stereocenters. The van der Waals surface area contributed by atoms with E-state index in [4.69, 9.17) is 0 Å². The highest BCUT2D eigenvalue weighted by molar-refractivity contribution is 7.88. The summed E-state index contributed by atoms with van der Waals surface area (Å²) in [5.41, 5.74) is 0.142. The minimum atomic E-state index is -3.37. The highest BCUT2D eigenvalue weighted by Gasteiger charge is 2.35. The first-order chi connectivity index (χ1) is 16.3. The van der Waals surface area contributed by atoms with Gasteiger partial charge in [0.1, 0.15) is 30.5 Å². The highest BCUT2D eigenvalue weighted by Crippen LogP contribution is 2.46. The van der Waals surface area contributed by atoms with Crippen LogP contribution in [0.5, 0.6) is 0 Å². The zero-order valence-corrected chi connectivity index (χ0v) is 21.1. The van der Waals surface area contributed by atoms with Crippen LogP contribution in [0.15, 0.2) is 36.8 Å². The van der Waals surface area contributed by atoms with Crippen molar-refractivity contribution < 1.29 is 26.2 Å². The fraction of sp³-hybridized carbons (Fsp3) is 0.409. The molecule has 4 rings (SSSR count). The Balaban J connectivity index is 1.66. The van der Waals surface area contributed by atoms with Crippen LogP contribution < -0.4 is 10.8 Å². The Morgan fingerprint density at radius 1 is 1.17 bits per heavy atom. The van der Waals surface area contributed by atoms with Crippen LogP contribution in [-0.4, -0.2) is 59.3 Å². The quantitative estimate of drug-likeness (QED) is 0.488. The van der Waals surface area contributed by atoms with Gasteiger partial charge in [0, 0.05) is 43.3 Å². The first-order valence-corrected chi connectivity index (χ1v) is 14.8. The van der Waals surface area contributed by atoms with Crippen molar-refractivity contribution in [1.29, 1.82) is 0 Å². The first-order valence-electron chi connectivity index (χ1n) is 10.9. The van der Waals surface area contributed by atoms with Gasteiger partial charge in [-0.05, 0) is 13.0 Å². The molecule has 3 heterocycles. The molecule has 0 aliphatic carbocycles. The summed E-state index contributed by atoms with van der Waals surface area (Å²) in [5, 5.41) is 3.54. The second-order valence-electron chi connectivity index (χ2n) is 8.74. The number of hydrogen-bond donors (Lipinski definition) is 1. The number of rotatable bonds is 6. The van der Waals surface area contributed by atoms with E-state index in [1.807, 2.05) is 0 Å². The molecule has 0 radical (unpaired) electrons. The zero-order valence-electron chi connectivity index (χ0n) is 19.4. The Bertz CT molecular complexity index is 1420. The van der Waals surface area contributed by atoms with Crippen LogP contribution in [0.25, 0.3) is 10.9 Å². The van der Waals surface area contributed by atoms with Gasteiger partial charge in [-0.15, -0.1) is 0 Å².